The summed E-state index contributed by atoms with van der Waals surface area (Å²) in [6.45, 7) is 5.05. The third-order valence-electron chi connectivity index (χ3n) is 4.01. The van der Waals surface area contributed by atoms with E-state index in [1.807, 2.05) is 19.1 Å². The second-order valence-corrected chi connectivity index (χ2v) is 5.89. The molecular weight excluding hydrogens is 294 g/mol. The highest BCUT2D eigenvalue weighted by Crippen LogP contribution is 2.16. The molecule has 7 heteroatoms. The molecule has 1 amide bonds. The zero-order valence-electron chi connectivity index (χ0n) is 14.0. The van der Waals surface area contributed by atoms with Gasteiger partial charge in [0.05, 0.1) is 6.04 Å². The number of carbonyl (C=O) groups is 1. The smallest absolute Gasteiger partial charge is 0.236 e. The Labute approximate surface area is 137 Å². The molecular formula is C16H27N5O2. The Bertz CT molecular complexity index is 471. The van der Waals surface area contributed by atoms with Crippen molar-refractivity contribution in [2.45, 2.75) is 38.3 Å². The summed E-state index contributed by atoms with van der Waals surface area (Å²) >= 11 is 0. The SMILES string of the molecule is COCCCNC(=O)[C@@H](C)N[C@@H]1CCCN(c2cccnn2)C1. The molecule has 1 aliphatic heterocycles. The van der Waals surface area contributed by atoms with E-state index in [1.165, 1.54) is 0 Å². The molecule has 7 nitrogen and oxygen atoms in total. The second-order valence-electron chi connectivity index (χ2n) is 5.89. The molecule has 0 aromatic carbocycles. The van der Waals surface area contributed by atoms with Crippen molar-refractivity contribution in [2.24, 2.45) is 0 Å². The van der Waals surface area contributed by atoms with Crippen LogP contribution in [0.4, 0.5) is 5.82 Å². The molecule has 0 unspecified atom stereocenters. The summed E-state index contributed by atoms with van der Waals surface area (Å²) in [6, 6.07) is 3.95. The fourth-order valence-electron chi connectivity index (χ4n) is 2.79. The first-order valence-electron chi connectivity index (χ1n) is 8.26. The maximum absolute atomic E-state index is 12.1. The minimum atomic E-state index is -0.204. The van der Waals surface area contributed by atoms with Crippen LogP contribution < -0.4 is 15.5 Å². The summed E-state index contributed by atoms with van der Waals surface area (Å²) in [5, 5.41) is 14.5. The van der Waals surface area contributed by atoms with Crippen LogP contribution in [-0.2, 0) is 9.53 Å². The van der Waals surface area contributed by atoms with E-state index in [0.29, 0.717) is 13.2 Å². The largest absolute Gasteiger partial charge is 0.385 e. The molecule has 128 valence electrons. The van der Waals surface area contributed by atoms with E-state index in [9.17, 15) is 4.79 Å². The number of hydrogen-bond acceptors (Lipinski definition) is 6. The van der Waals surface area contributed by atoms with Crippen LogP contribution in [-0.4, -0.2) is 61.5 Å². The van der Waals surface area contributed by atoms with Crippen LogP contribution >= 0.6 is 0 Å². The van der Waals surface area contributed by atoms with Gasteiger partial charge in [0.15, 0.2) is 5.82 Å². The van der Waals surface area contributed by atoms with Gasteiger partial charge < -0.3 is 20.3 Å². The number of ether oxygens (including phenoxy) is 1. The number of hydrogen-bond donors (Lipinski definition) is 2. The minimum Gasteiger partial charge on any atom is -0.385 e. The summed E-state index contributed by atoms with van der Waals surface area (Å²) in [6.07, 6.45) is 4.66. The molecule has 0 spiro atoms. The van der Waals surface area contributed by atoms with Crippen LogP contribution in [0.3, 0.4) is 0 Å². The molecule has 0 saturated carbocycles. The van der Waals surface area contributed by atoms with E-state index in [-0.39, 0.29) is 18.0 Å². The van der Waals surface area contributed by atoms with Crippen LogP contribution in [0.1, 0.15) is 26.2 Å². The Hall–Kier alpha value is -1.73. The maximum Gasteiger partial charge on any atom is 0.236 e. The predicted molar refractivity (Wildman–Crippen MR) is 89.4 cm³/mol. The lowest BCUT2D eigenvalue weighted by atomic mass is 10.0. The van der Waals surface area contributed by atoms with Crippen molar-refractivity contribution in [2.75, 3.05) is 38.3 Å². The summed E-state index contributed by atoms with van der Waals surface area (Å²) < 4.78 is 4.98. The molecule has 1 saturated heterocycles. The summed E-state index contributed by atoms with van der Waals surface area (Å²) in [4.78, 5) is 14.3. The summed E-state index contributed by atoms with van der Waals surface area (Å²) in [5.41, 5.74) is 0. The highest BCUT2D eigenvalue weighted by Gasteiger charge is 2.24. The highest BCUT2D eigenvalue weighted by atomic mass is 16.5. The lowest BCUT2D eigenvalue weighted by Crippen LogP contribution is -2.53. The topological polar surface area (TPSA) is 79.4 Å². The molecule has 2 atom stereocenters. The van der Waals surface area contributed by atoms with Gasteiger partial charge in [-0.15, -0.1) is 5.10 Å². The standard InChI is InChI=1S/C16H27N5O2/c1-13(16(22)17-8-5-11-23-2)19-14-6-4-10-21(12-14)15-7-3-9-18-20-15/h3,7,9,13-14,19H,4-6,8,10-12H2,1-2H3,(H,17,22)/t13-,14-/m1/s1. The fourth-order valence-corrected chi connectivity index (χ4v) is 2.79. The Balaban J connectivity index is 1.77. The van der Waals surface area contributed by atoms with E-state index >= 15 is 0 Å². The third-order valence-corrected chi connectivity index (χ3v) is 4.01. The van der Waals surface area contributed by atoms with Crippen molar-refractivity contribution in [3.05, 3.63) is 18.3 Å². The van der Waals surface area contributed by atoms with E-state index in [1.54, 1.807) is 13.3 Å². The van der Waals surface area contributed by atoms with Gasteiger partial charge in [-0.05, 0) is 38.3 Å². The third kappa shape index (κ3) is 5.76. The van der Waals surface area contributed by atoms with E-state index < -0.39 is 0 Å². The average Bonchev–Trinajstić information content (AvgIpc) is 2.59. The second kappa shape index (κ2) is 9.42. The lowest BCUT2D eigenvalue weighted by Gasteiger charge is -2.35. The number of piperidine rings is 1. The van der Waals surface area contributed by atoms with Gasteiger partial charge in [-0.3, -0.25) is 4.79 Å². The van der Waals surface area contributed by atoms with E-state index in [0.717, 1.165) is 38.2 Å². The molecule has 1 aromatic rings. The zero-order valence-corrected chi connectivity index (χ0v) is 14.0. The van der Waals surface area contributed by atoms with Gasteiger partial charge in [-0.2, -0.15) is 5.10 Å². The Morgan fingerprint density at radius 2 is 2.43 bits per heavy atom. The molecule has 2 N–H and O–H groups in total. The average molecular weight is 321 g/mol. The maximum atomic E-state index is 12.1. The highest BCUT2D eigenvalue weighted by molar-refractivity contribution is 5.81. The summed E-state index contributed by atoms with van der Waals surface area (Å²) in [7, 11) is 1.66. The number of rotatable bonds is 8. The van der Waals surface area contributed by atoms with Crippen molar-refractivity contribution < 1.29 is 9.53 Å². The Kier molecular flexibility index (Phi) is 7.22. The monoisotopic (exact) mass is 321 g/mol. The quantitative estimate of drug-likeness (QED) is 0.682. The van der Waals surface area contributed by atoms with E-state index in [4.69, 9.17) is 4.74 Å². The first kappa shape index (κ1) is 17.6. The van der Waals surface area contributed by atoms with Gasteiger partial charge in [0.1, 0.15) is 0 Å². The van der Waals surface area contributed by atoms with Crippen LogP contribution in [0, 0.1) is 0 Å². The molecule has 1 aliphatic rings. The molecule has 23 heavy (non-hydrogen) atoms. The number of carbonyl (C=O) groups excluding carboxylic acids is 1. The molecule has 2 rings (SSSR count). The van der Waals surface area contributed by atoms with Crippen LogP contribution in [0.2, 0.25) is 0 Å². The Morgan fingerprint density at radius 3 is 3.17 bits per heavy atom. The van der Waals surface area contributed by atoms with Crippen molar-refractivity contribution in [1.82, 2.24) is 20.8 Å². The minimum absolute atomic E-state index is 0.0396. The first-order chi connectivity index (χ1) is 11.2. The molecule has 2 heterocycles. The number of amides is 1. The van der Waals surface area contributed by atoms with Crippen LogP contribution in [0.5, 0.6) is 0 Å². The normalized spacial score (nSPS) is 19.4. The van der Waals surface area contributed by atoms with Crippen molar-refractivity contribution in [3.63, 3.8) is 0 Å². The molecule has 0 bridgehead atoms. The molecule has 1 aromatic heterocycles. The van der Waals surface area contributed by atoms with Gasteiger partial charge in [-0.25, -0.2) is 0 Å². The fraction of sp³-hybridized carbons (Fsp3) is 0.688. The van der Waals surface area contributed by atoms with Crippen LogP contribution in [0.25, 0.3) is 0 Å². The number of methoxy groups -OCH3 is 1. The number of anilines is 1. The van der Waals surface area contributed by atoms with Gasteiger partial charge >= 0.3 is 0 Å². The summed E-state index contributed by atoms with van der Waals surface area (Å²) in [5.74, 6) is 0.938. The number of nitrogens with zero attached hydrogens (tertiary/aromatic N) is 3. The lowest BCUT2D eigenvalue weighted by molar-refractivity contribution is -0.123. The number of nitrogens with one attached hydrogen (secondary N) is 2. The van der Waals surface area contributed by atoms with Gasteiger partial charge in [0, 0.05) is 45.6 Å². The molecule has 0 aliphatic carbocycles. The zero-order chi connectivity index (χ0) is 16.5. The van der Waals surface area contributed by atoms with E-state index in [2.05, 4.69) is 25.7 Å². The van der Waals surface area contributed by atoms with Crippen LogP contribution in [0.15, 0.2) is 18.3 Å². The van der Waals surface area contributed by atoms with Crippen molar-refractivity contribution in [3.8, 4) is 0 Å². The molecule has 1 fully saturated rings. The first-order valence-corrected chi connectivity index (χ1v) is 8.26. The van der Waals surface area contributed by atoms with Crippen molar-refractivity contribution in [1.29, 1.82) is 0 Å². The molecule has 0 radical (unpaired) electrons. The number of aromatic nitrogens is 2. The predicted octanol–water partition coefficient (Wildman–Crippen LogP) is 0.576. The Morgan fingerprint density at radius 1 is 1.57 bits per heavy atom. The van der Waals surface area contributed by atoms with Crippen molar-refractivity contribution >= 4 is 11.7 Å². The van der Waals surface area contributed by atoms with Gasteiger partial charge in [0.25, 0.3) is 0 Å². The van der Waals surface area contributed by atoms with Gasteiger partial charge in [-0.1, -0.05) is 0 Å². The van der Waals surface area contributed by atoms with Gasteiger partial charge in [0.2, 0.25) is 5.91 Å².